The third kappa shape index (κ3) is 3.41. The molecule has 1 aromatic rings. The van der Waals surface area contributed by atoms with Gasteiger partial charge in [-0.05, 0) is 25.0 Å². The van der Waals surface area contributed by atoms with Crippen LogP contribution >= 0.6 is 11.6 Å². The van der Waals surface area contributed by atoms with Gasteiger partial charge in [0.25, 0.3) is 0 Å². The van der Waals surface area contributed by atoms with Crippen molar-refractivity contribution in [3.63, 3.8) is 0 Å². The van der Waals surface area contributed by atoms with Crippen LogP contribution in [0.25, 0.3) is 0 Å². The molecule has 0 radical (unpaired) electrons. The van der Waals surface area contributed by atoms with E-state index < -0.39 is 32.9 Å². The number of aliphatic hydroxyl groups is 1. The predicted octanol–water partition coefficient (Wildman–Crippen LogP) is 1.89. The average Bonchev–Trinajstić information content (AvgIpc) is 2.40. The second-order valence-electron chi connectivity index (χ2n) is 4.56. The van der Waals surface area contributed by atoms with Crippen molar-refractivity contribution < 1.29 is 17.9 Å². The highest BCUT2D eigenvalue weighted by Gasteiger charge is 2.33. The van der Waals surface area contributed by atoms with Gasteiger partial charge in [0.2, 0.25) is 10.0 Å². The molecule has 0 amide bonds. The molecule has 5 nitrogen and oxygen atoms in total. The number of benzene rings is 1. The van der Waals surface area contributed by atoms with E-state index in [9.17, 15) is 17.9 Å². The van der Waals surface area contributed by atoms with E-state index >= 15 is 0 Å². The van der Waals surface area contributed by atoms with Gasteiger partial charge in [0.05, 0.1) is 17.8 Å². The number of nitrogens with two attached hydrogens (primary N) is 1. The molecular formula is C12H18ClFN2O3S. The summed E-state index contributed by atoms with van der Waals surface area (Å²) in [6, 6.07) is 2.12. The zero-order chi connectivity index (χ0) is 15.6. The number of halogens is 2. The number of nitrogens with one attached hydrogen (secondary N) is 1. The molecule has 0 saturated heterocycles. The Labute approximate surface area is 123 Å². The van der Waals surface area contributed by atoms with Gasteiger partial charge in [-0.1, -0.05) is 25.4 Å². The first kappa shape index (κ1) is 17.2. The molecular weight excluding hydrogens is 307 g/mol. The lowest BCUT2D eigenvalue weighted by molar-refractivity contribution is 0.172. The lowest BCUT2D eigenvalue weighted by atomic mass is 9.96. The Balaban J connectivity index is 3.31. The Morgan fingerprint density at radius 2 is 1.95 bits per heavy atom. The standard InChI is InChI=1S/C12H18ClFN2O3S/c1-3-12(4-2,7-17)16-20(18,19)10-6-8(13)5-9(15)11(10)14/h5-6,16-17H,3-4,7,15H2,1-2H3. The van der Waals surface area contributed by atoms with Crippen LogP contribution in [0.5, 0.6) is 0 Å². The van der Waals surface area contributed by atoms with Crippen molar-refractivity contribution in [1.82, 2.24) is 4.72 Å². The largest absolute Gasteiger partial charge is 0.396 e. The van der Waals surface area contributed by atoms with Gasteiger partial charge in [-0.25, -0.2) is 17.5 Å². The number of anilines is 1. The molecule has 0 aromatic heterocycles. The number of aliphatic hydroxyl groups excluding tert-OH is 1. The van der Waals surface area contributed by atoms with Crippen molar-refractivity contribution in [2.75, 3.05) is 12.3 Å². The molecule has 0 aliphatic rings. The Morgan fingerprint density at radius 3 is 2.40 bits per heavy atom. The van der Waals surface area contributed by atoms with Gasteiger partial charge in [-0.2, -0.15) is 0 Å². The van der Waals surface area contributed by atoms with E-state index in [2.05, 4.69) is 4.72 Å². The molecule has 0 fully saturated rings. The molecule has 0 unspecified atom stereocenters. The van der Waals surface area contributed by atoms with Crippen LogP contribution in [0, 0.1) is 5.82 Å². The molecule has 114 valence electrons. The maximum Gasteiger partial charge on any atom is 0.244 e. The van der Waals surface area contributed by atoms with E-state index in [0.717, 1.165) is 12.1 Å². The molecule has 20 heavy (non-hydrogen) atoms. The minimum atomic E-state index is -4.18. The summed E-state index contributed by atoms with van der Waals surface area (Å²) in [4.78, 5) is -0.623. The van der Waals surface area contributed by atoms with Crippen molar-refractivity contribution in [3.05, 3.63) is 23.0 Å². The third-order valence-corrected chi connectivity index (χ3v) is 5.12. The van der Waals surface area contributed by atoms with E-state index in [1.54, 1.807) is 13.8 Å². The van der Waals surface area contributed by atoms with E-state index in [0.29, 0.717) is 12.8 Å². The number of nitrogen functional groups attached to an aromatic ring is 1. The third-order valence-electron chi connectivity index (χ3n) is 3.33. The van der Waals surface area contributed by atoms with Crippen molar-refractivity contribution in [2.24, 2.45) is 0 Å². The van der Waals surface area contributed by atoms with Crippen LogP contribution in [-0.4, -0.2) is 25.7 Å². The summed E-state index contributed by atoms with van der Waals surface area (Å²) in [5, 5.41) is 9.41. The summed E-state index contributed by atoms with van der Waals surface area (Å²) in [5.74, 6) is -1.05. The number of sulfonamides is 1. The predicted molar refractivity (Wildman–Crippen MR) is 76.5 cm³/mol. The van der Waals surface area contributed by atoms with E-state index in [1.807, 2.05) is 0 Å². The minimum Gasteiger partial charge on any atom is -0.396 e. The number of hydrogen-bond donors (Lipinski definition) is 3. The Morgan fingerprint density at radius 1 is 1.40 bits per heavy atom. The summed E-state index contributed by atoms with van der Waals surface area (Å²) in [6.45, 7) is 3.06. The van der Waals surface area contributed by atoms with E-state index in [1.165, 1.54) is 0 Å². The van der Waals surface area contributed by atoms with Gasteiger partial charge in [0.1, 0.15) is 4.90 Å². The summed E-state index contributed by atoms with van der Waals surface area (Å²) >= 11 is 5.71. The first-order valence-electron chi connectivity index (χ1n) is 6.10. The van der Waals surface area contributed by atoms with Gasteiger partial charge in [0.15, 0.2) is 5.82 Å². The van der Waals surface area contributed by atoms with Crippen molar-refractivity contribution >= 4 is 27.3 Å². The molecule has 0 saturated carbocycles. The fourth-order valence-corrected chi connectivity index (χ4v) is 3.73. The maximum absolute atomic E-state index is 13.9. The zero-order valence-electron chi connectivity index (χ0n) is 11.3. The molecule has 0 aliphatic carbocycles. The Hall–Kier alpha value is -0.890. The fraction of sp³-hybridized carbons (Fsp3) is 0.500. The summed E-state index contributed by atoms with van der Waals surface area (Å²) < 4.78 is 40.8. The molecule has 8 heteroatoms. The van der Waals surface area contributed by atoms with Crippen LogP contribution in [0.3, 0.4) is 0 Å². The van der Waals surface area contributed by atoms with Gasteiger partial charge >= 0.3 is 0 Å². The number of rotatable bonds is 6. The minimum absolute atomic E-state index is 0.0203. The van der Waals surface area contributed by atoms with Gasteiger partial charge < -0.3 is 10.8 Å². The number of hydrogen-bond acceptors (Lipinski definition) is 4. The first-order valence-corrected chi connectivity index (χ1v) is 7.97. The van der Waals surface area contributed by atoms with E-state index in [4.69, 9.17) is 17.3 Å². The molecule has 0 heterocycles. The van der Waals surface area contributed by atoms with Gasteiger partial charge in [-0.3, -0.25) is 0 Å². The molecule has 4 N–H and O–H groups in total. The quantitative estimate of drug-likeness (QED) is 0.697. The van der Waals surface area contributed by atoms with Crippen LogP contribution in [0.2, 0.25) is 5.02 Å². The van der Waals surface area contributed by atoms with Crippen LogP contribution in [-0.2, 0) is 10.0 Å². The van der Waals surface area contributed by atoms with Crippen LogP contribution < -0.4 is 10.5 Å². The van der Waals surface area contributed by atoms with Crippen molar-refractivity contribution in [2.45, 2.75) is 37.1 Å². The Kier molecular flexibility index (Phi) is 5.37. The monoisotopic (exact) mass is 324 g/mol. The molecule has 0 bridgehead atoms. The SMILES string of the molecule is CCC(CC)(CO)NS(=O)(=O)c1cc(Cl)cc(N)c1F. The summed E-state index contributed by atoms with van der Waals surface area (Å²) in [7, 11) is -4.18. The van der Waals surface area contributed by atoms with Crippen LogP contribution in [0.1, 0.15) is 26.7 Å². The molecule has 0 atom stereocenters. The second kappa shape index (κ2) is 6.26. The molecule has 0 aliphatic heterocycles. The lowest BCUT2D eigenvalue weighted by Crippen LogP contribution is -2.50. The van der Waals surface area contributed by atoms with Crippen LogP contribution in [0.15, 0.2) is 17.0 Å². The summed E-state index contributed by atoms with van der Waals surface area (Å²) in [5.41, 5.74) is 3.99. The molecule has 1 rings (SSSR count). The molecule has 0 spiro atoms. The van der Waals surface area contributed by atoms with Gasteiger partial charge in [-0.15, -0.1) is 0 Å². The first-order chi connectivity index (χ1) is 9.21. The zero-order valence-corrected chi connectivity index (χ0v) is 12.9. The fourth-order valence-electron chi connectivity index (χ4n) is 1.77. The summed E-state index contributed by atoms with van der Waals surface area (Å²) in [6.07, 6.45) is 0.716. The van der Waals surface area contributed by atoms with E-state index in [-0.39, 0.29) is 10.7 Å². The van der Waals surface area contributed by atoms with Gasteiger partial charge in [0, 0.05) is 5.02 Å². The van der Waals surface area contributed by atoms with Crippen molar-refractivity contribution in [1.29, 1.82) is 0 Å². The smallest absolute Gasteiger partial charge is 0.244 e. The average molecular weight is 325 g/mol. The van der Waals surface area contributed by atoms with Crippen molar-refractivity contribution in [3.8, 4) is 0 Å². The highest BCUT2D eigenvalue weighted by molar-refractivity contribution is 7.89. The van der Waals surface area contributed by atoms with Crippen LogP contribution in [0.4, 0.5) is 10.1 Å². The maximum atomic E-state index is 13.9. The highest BCUT2D eigenvalue weighted by atomic mass is 35.5. The highest BCUT2D eigenvalue weighted by Crippen LogP contribution is 2.27. The normalized spacial score (nSPS) is 12.7. The Bertz CT molecular complexity index is 580. The topological polar surface area (TPSA) is 92.4 Å². The second-order valence-corrected chi connectivity index (χ2v) is 6.65. The lowest BCUT2D eigenvalue weighted by Gasteiger charge is -2.30. The molecule has 1 aromatic carbocycles.